The van der Waals surface area contributed by atoms with Crippen LogP contribution in [0.1, 0.15) is 55.3 Å². The molecule has 3 rings (SSSR count). The van der Waals surface area contributed by atoms with E-state index in [1.165, 1.54) is 39.2 Å². The Morgan fingerprint density at radius 2 is 1.80 bits per heavy atom. The molecule has 136 valence electrons. The molecule has 3 N–H and O–H groups in total. The van der Waals surface area contributed by atoms with Crippen LogP contribution in [0.5, 0.6) is 5.75 Å². The fourth-order valence-electron chi connectivity index (χ4n) is 4.14. The van der Waals surface area contributed by atoms with Crippen LogP contribution in [0.4, 0.5) is 10.5 Å². The van der Waals surface area contributed by atoms with Crippen molar-refractivity contribution in [2.45, 2.75) is 44.9 Å². The molecule has 1 aliphatic heterocycles. The zero-order chi connectivity index (χ0) is 17.9. The van der Waals surface area contributed by atoms with E-state index >= 15 is 0 Å². The lowest BCUT2D eigenvalue weighted by Crippen LogP contribution is -2.45. The molecule has 6 heteroatoms. The molecule has 1 aromatic carbocycles. The standard InChI is InChI=1S/C19H27N3O3/c1-25-16-6-5-14(17(20)23)13-15(16)21-18(24)22-11-9-19(10-12-22)7-3-2-4-8-19/h5-6,13H,2-4,7-12H2,1H3,(H2,20,23)(H,21,24). The van der Waals surface area contributed by atoms with Crippen molar-refractivity contribution in [1.82, 2.24) is 4.90 Å². The summed E-state index contributed by atoms with van der Waals surface area (Å²) in [6.07, 6.45) is 8.76. The van der Waals surface area contributed by atoms with Crippen LogP contribution in [-0.2, 0) is 0 Å². The summed E-state index contributed by atoms with van der Waals surface area (Å²) in [6.45, 7) is 1.56. The van der Waals surface area contributed by atoms with Gasteiger partial charge in [0.25, 0.3) is 0 Å². The van der Waals surface area contributed by atoms with Crippen LogP contribution >= 0.6 is 0 Å². The number of likely N-dealkylation sites (tertiary alicyclic amines) is 1. The first-order valence-corrected chi connectivity index (χ1v) is 9.07. The molecule has 1 aromatic rings. The smallest absolute Gasteiger partial charge is 0.321 e. The second kappa shape index (κ2) is 7.33. The molecule has 0 aromatic heterocycles. The summed E-state index contributed by atoms with van der Waals surface area (Å²) < 4.78 is 5.27. The predicted molar refractivity (Wildman–Crippen MR) is 96.9 cm³/mol. The maximum Gasteiger partial charge on any atom is 0.321 e. The molecule has 1 saturated carbocycles. The number of piperidine rings is 1. The number of rotatable bonds is 3. The van der Waals surface area contributed by atoms with Gasteiger partial charge in [0, 0.05) is 18.7 Å². The number of urea groups is 1. The fourth-order valence-corrected chi connectivity index (χ4v) is 4.14. The van der Waals surface area contributed by atoms with Crippen molar-refractivity contribution in [3.8, 4) is 5.75 Å². The molecule has 0 atom stereocenters. The molecule has 2 fully saturated rings. The second-order valence-corrected chi connectivity index (χ2v) is 7.26. The Labute approximate surface area is 148 Å². The van der Waals surface area contributed by atoms with Crippen LogP contribution in [0.2, 0.25) is 0 Å². The van der Waals surface area contributed by atoms with Crippen LogP contribution in [0.15, 0.2) is 18.2 Å². The van der Waals surface area contributed by atoms with Gasteiger partial charge in [0.2, 0.25) is 5.91 Å². The van der Waals surface area contributed by atoms with Crippen molar-refractivity contribution >= 4 is 17.6 Å². The minimum absolute atomic E-state index is 0.148. The highest BCUT2D eigenvalue weighted by Gasteiger charge is 2.36. The van der Waals surface area contributed by atoms with E-state index in [-0.39, 0.29) is 6.03 Å². The van der Waals surface area contributed by atoms with Gasteiger partial charge >= 0.3 is 6.03 Å². The normalized spacial score (nSPS) is 19.5. The Morgan fingerprint density at radius 1 is 1.12 bits per heavy atom. The number of ether oxygens (including phenoxy) is 1. The summed E-state index contributed by atoms with van der Waals surface area (Å²) in [7, 11) is 1.53. The van der Waals surface area contributed by atoms with Gasteiger partial charge in [0.05, 0.1) is 12.8 Å². The van der Waals surface area contributed by atoms with Gasteiger partial charge in [0.1, 0.15) is 5.75 Å². The first kappa shape index (κ1) is 17.6. The van der Waals surface area contributed by atoms with E-state index in [4.69, 9.17) is 10.5 Å². The van der Waals surface area contributed by atoms with Gasteiger partial charge < -0.3 is 20.7 Å². The van der Waals surface area contributed by atoms with Gasteiger partial charge in [-0.15, -0.1) is 0 Å². The average molecular weight is 345 g/mol. The number of methoxy groups -OCH3 is 1. The number of anilines is 1. The van der Waals surface area contributed by atoms with Crippen molar-refractivity contribution in [2.24, 2.45) is 11.1 Å². The van der Waals surface area contributed by atoms with Crippen molar-refractivity contribution in [3.63, 3.8) is 0 Å². The quantitative estimate of drug-likeness (QED) is 0.881. The Morgan fingerprint density at radius 3 is 2.40 bits per heavy atom. The van der Waals surface area contributed by atoms with Gasteiger partial charge in [-0.25, -0.2) is 4.79 Å². The summed E-state index contributed by atoms with van der Waals surface area (Å²) in [5.74, 6) is -0.0190. The molecular weight excluding hydrogens is 318 g/mol. The fraction of sp³-hybridized carbons (Fsp3) is 0.579. The lowest BCUT2D eigenvalue weighted by Gasteiger charge is -2.44. The summed E-state index contributed by atoms with van der Waals surface area (Å²) in [4.78, 5) is 25.9. The maximum absolute atomic E-state index is 12.6. The average Bonchev–Trinajstić information content (AvgIpc) is 2.63. The van der Waals surface area contributed by atoms with Gasteiger partial charge in [-0.3, -0.25) is 4.79 Å². The van der Waals surface area contributed by atoms with Crippen molar-refractivity contribution in [2.75, 3.05) is 25.5 Å². The number of benzene rings is 1. The number of hydrogen-bond donors (Lipinski definition) is 2. The number of hydrogen-bond acceptors (Lipinski definition) is 3. The van der Waals surface area contributed by atoms with E-state index in [0.29, 0.717) is 22.4 Å². The largest absolute Gasteiger partial charge is 0.495 e. The number of nitrogens with two attached hydrogens (primary N) is 1. The molecule has 6 nitrogen and oxygen atoms in total. The predicted octanol–water partition coefficient (Wildman–Crippen LogP) is 3.37. The van der Waals surface area contributed by atoms with Gasteiger partial charge in [-0.05, 0) is 49.3 Å². The summed E-state index contributed by atoms with van der Waals surface area (Å²) in [5.41, 5.74) is 6.60. The number of primary amides is 1. The summed E-state index contributed by atoms with van der Waals surface area (Å²) >= 11 is 0. The number of carbonyl (C=O) groups is 2. The molecule has 0 radical (unpaired) electrons. The molecule has 1 heterocycles. The number of nitrogens with zero attached hydrogens (tertiary/aromatic N) is 1. The van der Waals surface area contributed by atoms with Crippen LogP contribution < -0.4 is 15.8 Å². The van der Waals surface area contributed by atoms with Gasteiger partial charge in [0.15, 0.2) is 0 Å². The third-order valence-electron chi connectivity index (χ3n) is 5.75. The third kappa shape index (κ3) is 3.89. The van der Waals surface area contributed by atoms with E-state index < -0.39 is 5.91 Å². The summed E-state index contributed by atoms with van der Waals surface area (Å²) in [6, 6.07) is 4.64. The topological polar surface area (TPSA) is 84.7 Å². The van der Waals surface area contributed by atoms with E-state index in [9.17, 15) is 9.59 Å². The Hall–Kier alpha value is -2.24. The van der Waals surface area contributed by atoms with Crippen LogP contribution in [0.25, 0.3) is 0 Å². The van der Waals surface area contributed by atoms with Crippen molar-refractivity contribution in [1.29, 1.82) is 0 Å². The Bertz CT molecular complexity index is 643. The molecule has 0 bridgehead atoms. The molecule has 25 heavy (non-hydrogen) atoms. The van der Waals surface area contributed by atoms with Crippen molar-refractivity contribution in [3.05, 3.63) is 23.8 Å². The zero-order valence-electron chi connectivity index (χ0n) is 14.8. The SMILES string of the molecule is COc1ccc(C(N)=O)cc1NC(=O)N1CCC2(CCCCC2)CC1. The first-order chi connectivity index (χ1) is 12.0. The Balaban J connectivity index is 1.65. The molecule has 1 saturated heterocycles. The number of nitrogens with one attached hydrogen (secondary N) is 1. The van der Waals surface area contributed by atoms with Crippen molar-refractivity contribution < 1.29 is 14.3 Å². The first-order valence-electron chi connectivity index (χ1n) is 9.07. The Kier molecular flexibility index (Phi) is 5.16. The lowest BCUT2D eigenvalue weighted by molar-refractivity contribution is 0.0849. The number of amides is 3. The highest BCUT2D eigenvalue weighted by molar-refractivity contribution is 5.97. The lowest BCUT2D eigenvalue weighted by atomic mass is 9.68. The molecule has 1 spiro atoms. The molecule has 2 aliphatic rings. The van der Waals surface area contributed by atoms with E-state index in [0.717, 1.165) is 25.9 Å². The monoisotopic (exact) mass is 345 g/mol. The minimum Gasteiger partial charge on any atom is -0.495 e. The highest BCUT2D eigenvalue weighted by atomic mass is 16.5. The molecule has 1 aliphatic carbocycles. The van der Waals surface area contributed by atoms with E-state index in [1.54, 1.807) is 18.2 Å². The second-order valence-electron chi connectivity index (χ2n) is 7.26. The zero-order valence-corrected chi connectivity index (χ0v) is 14.8. The molecular formula is C19H27N3O3. The third-order valence-corrected chi connectivity index (χ3v) is 5.75. The molecule has 0 unspecified atom stereocenters. The van der Waals surface area contributed by atoms with Crippen LogP contribution in [0, 0.1) is 5.41 Å². The van der Waals surface area contributed by atoms with Gasteiger partial charge in [-0.2, -0.15) is 0 Å². The summed E-state index contributed by atoms with van der Waals surface area (Å²) in [5, 5.41) is 2.87. The molecule has 3 amide bonds. The number of carbonyl (C=O) groups excluding carboxylic acids is 2. The van der Waals surface area contributed by atoms with E-state index in [2.05, 4.69) is 5.32 Å². The maximum atomic E-state index is 12.6. The van der Waals surface area contributed by atoms with Crippen LogP contribution in [0.3, 0.4) is 0 Å². The van der Waals surface area contributed by atoms with Crippen LogP contribution in [-0.4, -0.2) is 37.0 Å². The van der Waals surface area contributed by atoms with E-state index in [1.807, 2.05) is 4.90 Å². The highest BCUT2D eigenvalue weighted by Crippen LogP contribution is 2.44. The minimum atomic E-state index is -0.532. The van der Waals surface area contributed by atoms with Gasteiger partial charge in [-0.1, -0.05) is 19.3 Å².